The largest absolute Gasteiger partial charge is 0.447 e. The number of nitrogens with zero attached hydrogens (tertiary/aromatic N) is 3. The van der Waals surface area contributed by atoms with E-state index >= 15 is 0 Å². The number of urea groups is 1. The SMILES string of the molecule is Cc1cc(C)n(CCCNC(=O)Nc2cccc(N3CCOC3=O)c2)n1. The van der Waals surface area contributed by atoms with Crippen molar-refractivity contribution in [2.75, 3.05) is 29.9 Å². The maximum atomic E-state index is 12.0. The molecule has 8 nitrogen and oxygen atoms in total. The van der Waals surface area contributed by atoms with Gasteiger partial charge in [-0.3, -0.25) is 9.58 Å². The van der Waals surface area contributed by atoms with E-state index in [1.807, 2.05) is 30.7 Å². The standard InChI is InChI=1S/C18H23N5O3/c1-13-11-14(2)23(21-13)8-4-7-19-17(24)20-15-5-3-6-16(12-15)22-9-10-26-18(22)25/h3,5-6,11-12H,4,7-10H2,1-2H3,(H2,19,20,24). The van der Waals surface area contributed by atoms with Crippen LogP contribution >= 0.6 is 0 Å². The Hall–Kier alpha value is -3.03. The second-order valence-corrected chi connectivity index (χ2v) is 6.20. The molecule has 2 heterocycles. The molecule has 2 N–H and O–H groups in total. The van der Waals surface area contributed by atoms with Gasteiger partial charge >= 0.3 is 12.1 Å². The molecule has 1 aromatic carbocycles. The fourth-order valence-corrected chi connectivity index (χ4v) is 2.89. The molecule has 0 aliphatic carbocycles. The molecule has 0 spiro atoms. The van der Waals surface area contributed by atoms with Crippen LogP contribution in [0.25, 0.3) is 0 Å². The number of ether oxygens (including phenoxy) is 1. The van der Waals surface area contributed by atoms with Crippen LogP contribution in [0.5, 0.6) is 0 Å². The van der Waals surface area contributed by atoms with Crippen molar-refractivity contribution in [1.82, 2.24) is 15.1 Å². The number of anilines is 2. The lowest BCUT2D eigenvalue weighted by Gasteiger charge is -2.14. The maximum Gasteiger partial charge on any atom is 0.414 e. The van der Waals surface area contributed by atoms with Crippen molar-refractivity contribution in [2.24, 2.45) is 0 Å². The van der Waals surface area contributed by atoms with Crippen molar-refractivity contribution in [3.8, 4) is 0 Å². The molecule has 0 bridgehead atoms. The number of carbonyl (C=O) groups is 2. The van der Waals surface area contributed by atoms with E-state index in [2.05, 4.69) is 15.7 Å². The van der Waals surface area contributed by atoms with Gasteiger partial charge in [-0.25, -0.2) is 9.59 Å². The first-order chi connectivity index (χ1) is 12.5. The minimum atomic E-state index is -0.365. The Balaban J connectivity index is 1.46. The predicted molar refractivity (Wildman–Crippen MR) is 98.5 cm³/mol. The number of benzene rings is 1. The first-order valence-corrected chi connectivity index (χ1v) is 8.63. The van der Waals surface area contributed by atoms with E-state index in [1.165, 1.54) is 4.90 Å². The normalized spacial score (nSPS) is 13.6. The Morgan fingerprint density at radius 3 is 2.85 bits per heavy atom. The Kier molecular flexibility index (Phi) is 5.40. The predicted octanol–water partition coefficient (Wildman–Crippen LogP) is 2.67. The number of hydrogen-bond donors (Lipinski definition) is 2. The van der Waals surface area contributed by atoms with Crippen LogP contribution < -0.4 is 15.5 Å². The Bertz CT molecular complexity index is 802. The molecule has 0 atom stereocenters. The number of hydrogen-bond acceptors (Lipinski definition) is 4. The van der Waals surface area contributed by atoms with Gasteiger partial charge in [-0.1, -0.05) is 6.07 Å². The molecule has 8 heteroatoms. The highest BCUT2D eigenvalue weighted by molar-refractivity contribution is 5.93. The van der Waals surface area contributed by atoms with Gasteiger partial charge in [-0.15, -0.1) is 0 Å². The van der Waals surface area contributed by atoms with Gasteiger partial charge in [0, 0.05) is 30.2 Å². The highest BCUT2D eigenvalue weighted by atomic mass is 16.6. The molecule has 138 valence electrons. The van der Waals surface area contributed by atoms with Crippen LogP contribution in [0.4, 0.5) is 21.0 Å². The monoisotopic (exact) mass is 357 g/mol. The van der Waals surface area contributed by atoms with Gasteiger partial charge in [0.05, 0.1) is 12.2 Å². The first-order valence-electron chi connectivity index (χ1n) is 8.63. The van der Waals surface area contributed by atoms with Crippen LogP contribution in [0.15, 0.2) is 30.3 Å². The minimum Gasteiger partial charge on any atom is -0.447 e. The molecular weight excluding hydrogens is 334 g/mol. The molecule has 0 saturated carbocycles. The van der Waals surface area contributed by atoms with Gasteiger partial charge in [0.15, 0.2) is 0 Å². The fraction of sp³-hybridized carbons (Fsp3) is 0.389. The van der Waals surface area contributed by atoms with Gasteiger partial charge in [-0.2, -0.15) is 5.10 Å². The Morgan fingerprint density at radius 2 is 2.15 bits per heavy atom. The lowest BCUT2D eigenvalue weighted by molar-refractivity contribution is 0.181. The first kappa shape index (κ1) is 17.8. The molecule has 26 heavy (non-hydrogen) atoms. The summed E-state index contributed by atoms with van der Waals surface area (Å²) in [4.78, 5) is 25.2. The third-order valence-corrected chi connectivity index (χ3v) is 4.11. The van der Waals surface area contributed by atoms with Gasteiger partial charge < -0.3 is 15.4 Å². The summed E-state index contributed by atoms with van der Waals surface area (Å²) in [5.41, 5.74) is 3.44. The molecule has 0 unspecified atom stereocenters. The summed E-state index contributed by atoms with van der Waals surface area (Å²) in [5, 5.41) is 10.0. The summed E-state index contributed by atoms with van der Waals surface area (Å²) in [7, 11) is 0. The molecule has 1 aliphatic rings. The van der Waals surface area contributed by atoms with Gasteiger partial charge in [0.2, 0.25) is 0 Å². The van der Waals surface area contributed by atoms with E-state index in [0.717, 1.165) is 24.4 Å². The number of amides is 3. The topological polar surface area (TPSA) is 88.5 Å². The van der Waals surface area contributed by atoms with Gasteiger partial charge in [0.25, 0.3) is 0 Å². The number of rotatable bonds is 6. The zero-order valence-corrected chi connectivity index (χ0v) is 15.0. The average Bonchev–Trinajstić information content (AvgIpc) is 3.17. The van der Waals surface area contributed by atoms with Crippen molar-refractivity contribution in [1.29, 1.82) is 0 Å². The van der Waals surface area contributed by atoms with Crippen molar-refractivity contribution >= 4 is 23.5 Å². The quantitative estimate of drug-likeness (QED) is 0.778. The van der Waals surface area contributed by atoms with E-state index in [1.54, 1.807) is 18.2 Å². The van der Waals surface area contributed by atoms with E-state index in [4.69, 9.17) is 4.74 Å². The van der Waals surface area contributed by atoms with E-state index in [-0.39, 0.29) is 12.1 Å². The molecule has 3 amide bonds. The van der Waals surface area contributed by atoms with Crippen LogP contribution in [0.1, 0.15) is 17.8 Å². The van der Waals surface area contributed by atoms with Crippen molar-refractivity contribution in [2.45, 2.75) is 26.8 Å². The molecular formula is C18H23N5O3. The molecule has 3 rings (SSSR count). The van der Waals surface area contributed by atoms with E-state index in [0.29, 0.717) is 31.1 Å². The summed E-state index contributed by atoms with van der Waals surface area (Å²) < 4.78 is 6.87. The second kappa shape index (κ2) is 7.90. The van der Waals surface area contributed by atoms with Crippen molar-refractivity contribution < 1.29 is 14.3 Å². The van der Waals surface area contributed by atoms with Crippen molar-refractivity contribution in [3.63, 3.8) is 0 Å². The number of nitrogens with one attached hydrogen (secondary N) is 2. The third-order valence-electron chi connectivity index (χ3n) is 4.11. The van der Waals surface area contributed by atoms with E-state index in [9.17, 15) is 9.59 Å². The number of cyclic esters (lactones) is 1. The highest BCUT2D eigenvalue weighted by Gasteiger charge is 2.23. The average molecular weight is 357 g/mol. The van der Waals surface area contributed by atoms with Crippen LogP contribution in [0.2, 0.25) is 0 Å². The Labute approximate surface area is 152 Å². The van der Waals surface area contributed by atoms with Gasteiger partial charge in [0.1, 0.15) is 6.61 Å². The minimum absolute atomic E-state index is 0.278. The molecule has 1 aliphatic heterocycles. The fourth-order valence-electron chi connectivity index (χ4n) is 2.89. The lowest BCUT2D eigenvalue weighted by Crippen LogP contribution is -2.30. The summed E-state index contributed by atoms with van der Waals surface area (Å²) in [6, 6.07) is 8.88. The summed E-state index contributed by atoms with van der Waals surface area (Å²) >= 11 is 0. The highest BCUT2D eigenvalue weighted by Crippen LogP contribution is 2.22. The molecule has 2 aromatic rings. The third kappa shape index (κ3) is 4.33. The van der Waals surface area contributed by atoms with Gasteiger partial charge in [-0.05, 0) is 44.5 Å². The number of aryl methyl sites for hydroxylation is 3. The van der Waals surface area contributed by atoms with Crippen LogP contribution in [-0.2, 0) is 11.3 Å². The zero-order chi connectivity index (χ0) is 18.5. The number of aromatic nitrogens is 2. The summed E-state index contributed by atoms with van der Waals surface area (Å²) in [6.45, 7) is 6.18. The molecule has 1 aromatic heterocycles. The van der Waals surface area contributed by atoms with Crippen molar-refractivity contribution in [3.05, 3.63) is 41.7 Å². The summed E-state index contributed by atoms with van der Waals surface area (Å²) in [6.07, 6.45) is 0.422. The summed E-state index contributed by atoms with van der Waals surface area (Å²) in [5.74, 6) is 0. The second-order valence-electron chi connectivity index (χ2n) is 6.20. The Morgan fingerprint density at radius 1 is 1.31 bits per heavy atom. The molecule has 1 saturated heterocycles. The van der Waals surface area contributed by atoms with Crippen LogP contribution in [-0.4, -0.2) is 41.6 Å². The smallest absolute Gasteiger partial charge is 0.414 e. The van der Waals surface area contributed by atoms with E-state index < -0.39 is 0 Å². The molecule has 0 radical (unpaired) electrons. The van der Waals surface area contributed by atoms with Crippen LogP contribution in [0, 0.1) is 13.8 Å². The maximum absolute atomic E-state index is 12.0. The molecule has 1 fully saturated rings. The zero-order valence-electron chi connectivity index (χ0n) is 15.0. The number of carbonyl (C=O) groups excluding carboxylic acids is 2. The van der Waals surface area contributed by atoms with Crippen LogP contribution in [0.3, 0.4) is 0 Å². The lowest BCUT2D eigenvalue weighted by atomic mass is 10.2.